The molecule has 0 aromatic carbocycles. The molecule has 0 N–H and O–H groups in total. The molecule has 1 rings (SSSR count). The van der Waals surface area contributed by atoms with Gasteiger partial charge < -0.3 is 4.74 Å². The summed E-state index contributed by atoms with van der Waals surface area (Å²) in [6, 6.07) is 0. The van der Waals surface area contributed by atoms with E-state index < -0.39 is 0 Å². The Morgan fingerprint density at radius 3 is 2.64 bits per heavy atom. The minimum Gasteiger partial charge on any atom is -0.459 e. The van der Waals surface area contributed by atoms with Gasteiger partial charge in [0, 0.05) is 5.57 Å². The Kier molecular flexibility index (Phi) is 2.69. The zero-order valence-corrected chi connectivity index (χ0v) is 6.93. The molecule has 11 heavy (non-hydrogen) atoms. The predicted molar refractivity (Wildman–Crippen MR) is 43.2 cm³/mol. The second-order valence-corrected chi connectivity index (χ2v) is 2.92. The Bertz CT molecular complexity index is 168. The maximum atomic E-state index is 11.1. The fraction of sp³-hybridized carbons (Fsp3) is 0.667. The van der Waals surface area contributed by atoms with Crippen LogP contribution in [-0.4, -0.2) is 12.1 Å². The molecule has 2 nitrogen and oxygen atoms in total. The van der Waals surface area contributed by atoms with E-state index in [1.54, 1.807) is 0 Å². The normalized spacial score (nSPS) is 17.2. The summed E-state index contributed by atoms with van der Waals surface area (Å²) in [5.74, 6) is -0.211. The van der Waals surface area contributed by atoms with Gasteiger partial charge in [0.1, 0.15) is 6.10 Å². The van der Waals surface area contributed by atoms with E-state index >= 15 is 0 Å². The number of esters is 1. The monoisotopic (exact) mass is 154 g/mol. The molecular formula is C9H14O2. The molecule has 0 amide bonds. The largest absolute Gasteiger partial charge is 0.459 e. The molecule has 1 aliphatic rings. The zero-order valence-electron chi connectivity index (χ0n) is 6.93. The first-order valence-corrected chi connectivity index (χ1v) is 4.12. The van der Waals surface area contributed by atoms with E-state index in [4.69, 9.17) is 4.74 Å². The van der Waals surface area contributed by atoms with Gasteiger partial charge in [-0.25, -0.2) is 4.79 Å². The van der Waals surface area contributed by atoms with E-state index in [0.717, 1.165) is 12.8 Å². The number of rotatable bonds is 3. The molecule has 0 aromatic heterocycles. The molecule has 0 saturated heterocycles. The average molecular weight is 154 g/mol. The van der Waals surface area contributed by atoms with Crippen LogP contribution in [0.3, 0.4) is 0 Å². The number of ether oxygens (including phenoxy) is 1. The highest BCUT2D eigenvalue weighted by Gasteiger charge is 2.22. The van der Waals surface area contributed by atoms with Crippen molar-refractivity contribution < 1.29 is 9.53 Å². The molecule has 0 radical (unpaired) electrons. The van der Waals surface area contributed by atoms with E-state index in [0.29, 0.717) is 12.0 Å². The van der Waals surface area contributed by atoms with Gasteiger partial charge in [0.05, 0.1) is 0 Å². The van der Waals surface area contributed by atoms with E-state index in [9.17, 15) is 4.79 Å². The van der Waals surface area contributed by atoms with E-state index in [2.05, 4.69) is 6.58 Å². The minimum atomic E-state index is -0.211. The van der Waals surface area contributed by atoms with Crippen LogP contribution in [-0.2, 0) is 9.53 Å². The maximum Gasteiger partial charge on any atom is 0.333 e. The predicted octanol–water partition coefficient (Wildman–Crippen LogP) is 2.05. The lowest BCUT2D eigenvalue weighted by molar-refractivity contribution is -0.148. The van der Waals surface area contributed by atoms with Crippen molar-refractivity contribution in [2.75, 3.05) is 0 Å². The molecule has 0 aromatic rings. The van der Waals surface area contributed by atoms with Crippen LogP contribution in [0, 0.1) is 0 Å². The SMILES string of the molecule is C=C(CC)C(=O)OC1CCC1. The Morgan fingerprint density at radius 1 is 1.64 bits per heavy atom. The minimum absolute atomic E-state index is 0.186. The first-order valence-electron chi connectivity index (χ1n) is 4.12. The molecule has 1 saturated carbocycles. The van der Waals surface area contributed by atoms with Crippen molar-refractivity contribution >= 4 is 5.97 Å². The highest BCUT2D eigenvalue weighted by atomic mass is 16.5. The number of carbonyl (C=O) groups is 1. The summed E-state index contributed by atoms with van der Waals surface area (Å²) in [5.41, 5.74) is 0.580. The van der Waals surface area contributed by atoms with Crippen LogP contribution in [0.5, 0.6) is 0 Å². The van der Waals surface area contributed by atoms with Crippen LogP contribution in [0.25, 0.3) is 0 Å². The van der Waals surface area contributed by atoms with Gasteiger partial charge >= 0.3 is 5.97 Å². The Morgan fingerprint density at radius 2 is 2.27 bits per heavy atom. The maximum absolute atomic E-state index is 11.1. The van der Waals surface area contributed by atoms with Gasteiger partial charge in [-0.05, 0) is 25.7 Å². The Labute approximate surface area is 67.2 Å². The van der Waals surface area contributed by atoms with Gasteiger partial charge in [-0.15, -0.1) is 0 Å². The van der Waals surface area contributed by atoms with Crippen LogP contribution < -0.4 is 0 Å². The van der Waals surface area contributed by atoms with Crippen molar-refractivity contribution in [2.24, 2.45) is 0 Å². The second-order valence-electron chi connectivity index (χ2n) is 2.92. The van der Waals surface area contributed by atoms with E-state index in [1.165, 1.54) is 6.42 Å². The molecule has 0 unspecified atom stereocenters. The summed E-state index contributed by atoms with van der Waals surface area (Å²) in [6.45, 7) is 5.52. The van der Waals surface area contributed by atoms with Crippen molar-refractivity contribution in [3.05, 3.63) is 12.2 Å². The molecule has 0 aliphatic heterocycles. The third kappa shape index (κ3) is 2.07. The van der Waals surface area contributed by atoms with Crippen molar-refractivity contribution in [3.8, 4) is 0 Å². The fourth-order valence-electron chi connectivity index (χ4n) is 0.868. The fourth-order valence-corrected chi connectivity index (χ4v) is 0.868. The molecular weight excluding hydrogens is 140 g/mol. The van der Waals surface area contributed by atoms with Gasteiger partial charge in [-0.3, -0.25) is 0 Å². The van der Waals surface area contributed by atoms with Gasteiger partial charge in [-0.2, -0.15) is 0 Å². The summed E-state index contributed by atoms with van der Waals surface area (Å²) in [7, 11) is 0. The molecule has 2 heteroatoms. The van der Waals surface area contributed by atoms with Crippen molar-refractivity contribution in [1.82, 2.24) is 0 Å². The molecule has 0 heterocycles. The van der Waals surface area contributed by atoms with Gasteiger partial charge in [-0.1, -0.05) is 13.5 Å². The van der Waals surface area contributed by atoms with Crippen LogP contribution in [0.4, 0.5) is 0 Å². The summed E-state index contributed by atoms with van der Waals surface area (Å²) in [5, 5.41) is 0. The van der Waals surface area contributed by atoms with Crippen LogP contribution in [0.2, 0.25) is 0 Å². The zero-order chi connectivity index (χ0) is 8.27. The number of carbonyl (C=O) groups excluding carboxylic acids is 1. The molecule has 1 aliphatic carbocycles. The second kappa shape index (κ2) is 3.56. The van der Waals surface area contributed by atoms with E-state index in [1.807, 2.05) is 6.92 Å². The summed E-state index contributed by atoms with van der Waals surface area (Å²) >= 11 is 0. The highest BCUT2D eigenvalue weighted by Crippen LogP contribution is 2.22. The lowest BCUT2D eigenvalue weighted by Gasteiger charge is -2.25. The van der Waals surface area contributed by atoms with Crippen LogP contribution >= 0.6 is 0 Å². The first-order chi connectivity index (χ1) is 5.24. The molecule has 62 valence electrons. The topological polar surface area (TPSA) is 26.3 Å². The standard InChI is InChI=1S/C9H14O2/c1-3-7(2)9(10)11-8-5-4-6-8/h8H,2-6H2,1H3. The third-order valence-electron chi connectivity index (χ3n) is 2.04. The summed E-state index contributed by atoms with van der Waals surface area (Å²) in [4.78, 5) is 11.1. The van der Waals surface area contributed by atoms with Crippen molar-refractivity contribution in [1.29, 1.82) is 0 Å². The Hall–Kier alpha value is -0.790. The lowest BCUT2D eigenvalue weighted by atomic mass is 9.96. The lowest BCUT2D eigenvalue weighted by Crippen LogP contribution is -2.25. The average Bonchev–Trinajstić information content (AvgIpc) is 1.94. The summed E-state index contributed by atoms with van der Waals surface area (Å²) < 4.78 is 5.10. The first kappa shape index (κ1) is 8.31. The molecule has 0 spiro atoms. The van der Waals surface area contributed by atoms with Gasteiger partial charge in [0.2, 0.25) is 0 Å². The molecule has 1 fully saturated rings. The Balaban J connectivity index is 2.24. The molecule has 0 bridgehead atoms. The quantitative estimate of drug-likeness (QED) is 0.459. The number of hydrogen-bond acceptors (Lipinski definition) is 2. The van der Waals surface area contributed by atoms with Crippen LogP contribution in [0.15, 0.2) is 12.2 Å². The highest BCUT2D eigenvalue weighted by molar-refractivity contribution is 5.87. The van der Waals surface area contributed by atoms with Crippen molar-refractivity contribution in [2.45, 2.75) is 38.7 Å². The summed E-state index contributed by atoms with van der Waals surface area (Å²) in [6.07, 6.45) is 4.12. The van der Waals surface area contributed by atoms with E-state index in [-0.39, 0.29) is 12.1 Å². The van der Waals surface area contributed by atoms with Crippen LogP contribution in [0.1, 0.15) is 32.6 Å². The van der Waals surface area contributed by atoms with Gasteiger partial charge in [0.15, 0.2) is 0 Å². The molecule has 0 atom stereocenters. The smallest absolute Gasteiger partial charge is 0.333 e. The third-order valence-corrected chi connectivity index (χ3v) is 2.04. The van der Waals surface area contributed by atoms with Gasteiger partial charge in [0.25, 0.3) is 0 Å². The number of hydrogen-bond donors (Lipinski definition) is 0. The van der Waals surface area contributed by atoms with Crippen molar-refractivity contribution in [3.63, 3.8) is 0 Å².